The van der Waals surface area contributed by atoms with Crippen molar-refractivity contribution >= 4 is 25.8 Å². The molecule has 21 heavy (non-hydrogen) atoms. The Kier molecular flexibility index (Phi) is 5.86. The second kappa shape index (κ2) is 7.25. The molecule has 1 saturated carbocycles. The Morgan fingerprint density at radius 3 is 2.48 bits per heavy atom. The van der Waals surface area contributed by atoms with E-state index in [1.165, 1.54) is 0 Å². The number of nitrogens with two attached hydrogens (primary N) is 1. The predicted molar refractivity (Wildman–Crippen MR) is 89.9 cm³/mol. The second-order valence-corrected chi connectivity index (χ2v) is 9.08. The van der Waals surface area contributed by atoms with Crippen molar-refractivity contribution in [2.45, 2.75) is 49.2 Å². The number of benzene rings is 1. The second-order valence-electron chi connectivity index (χ2n) is 6.00. The van der Waals surface area contributed by atoms with Crippen LogP contribution in [0.15, 0.2) is 33.6 Å². The quantitative estimate of drug-likeness (QED) is 0.854. The number of halogens is 1. The lowest BCUT2D eigenvalue weighted by molar-refractivity contribution is 0.268. The fraction of sp³-hybridized carbons (Fsp3) is 0.625. The van der Waals surface area contributed by atoms with Crippen LogP contribution in [0.1, 0.15) is 39.0 Å². The number of hydrogen-bond donors (Lipinski definition) is 1. The standard InChI is InChI=1S/C16H24BrNO2S/c1-2-3-12-4-5-13(11-18)16(10-12)21(19,20)15-8-6-14(17)7-9-15/h6-9,12-13,16H,2-5,10-11,18H2,1H3. The lowest BCUT2D eigenvalue weighted by Crippen LogP contribution is -2.39. The highest BCUT2D eigenvalue weighted by atomic mass is 79.9. The average Bonchev–Trinajstić information content (AvgIpc) is 2.48. The number of hydrogen-bond acceptors (Lipinski definition) is 3. The molecule has 0 aliphatic heterocycles. The van der Waals surface area contributed by atoms with Crippen molar-refractivity contribution < 1.29 is 8.42 Å². The molecular formula is C16H24BrNO2S. The molecule has 5 heteroatoms. The summed E-state index contributed by atoms with van der Waals surface area (Å²) in [4.78, 5) is 0.422. The van der Waals surface area contributed by atoms with Gasteiger partial charge in [0.25, 0.3) is 0 Å². The van der Waals surface area contributed by atoms with Crippen molar-refractivity contribution in [2.75, 3.05) is 6.54 Å². The molecule has 1 aliphatic rings. The third-order valence-electron chi connectivity index (χ3n) is 4.58. The smallest absolute Gasteiger partial charge is 0.181 e. The summed E-state index contributed by atoms with van der Waals surface area (Å²) in [5.41, 5.74) is 5.84. The van der Waals surface area contributed by atoms with Gasteiger partial charge in [-0.05, 0) is 55.5 Å². The van der Waals surface area contributed by atoms with E-state index >= 15 is 0 Å². The van der Waals surface area contributed by atoms with Gasteiger partial charge in [-0.2, -0.15) is 0 Å². The molecule has 0 radical (unpaired) electrons. The maximum absolute atomic E-state index is 12.9. The Morgan fingerprint density at radius 1 is 1.24 bits per heavy atom. The van der Waals surface area contributed by atoms with E-state index in [0.29, 0.717) is 17.4 Å². The van der Waals surface area contributed by atoms with Gasteiger partial charge in [-0.3, -0.25) is 0 Å². The monoisotopic (exact) mass is 373 g/mol. The maximum atomic E-state index is 12.9. The Morgan fingerprint density at radius 2 is 1.90 bits per heavy atom. The molecule has 2 rings (SSSR count). The molecule has 1 aliphatic carbocycles. The van der Waals surface area contributed by atoms with Crippen LogP contribution >= 0.6 is 15.9 Å². The first-order valence-corrected chi connectivity index (χ1v) is 10.0. The molecule has 0 bridgehead atoms. The summed E-state index contributed by atoms with van der Waals surface area (Å²) in [6.07, 6.45) is 5.03. The molecule has 3 nitrogen and oxygen atoms in total. The van der Waals surface area contributed by atoms with Crippen LogP contribution in [0.25, 0.3) is 0 Å². The summed E-state index contributed by atoms with van der Waals surface area (Å²) < 4.78 is 26.8. The molecule has 3 atom stereocenters. The zero-order chi connectivity index (χ0) is 15.5. The molecule has 3 unspecified atom stereocenters. The Balaban J connectivity index is 2.28. The van der Waals surface area contributed by atoms with Crippen LogP contribution in [0.2, 0.25) is 0 Å². The van der Waals surface area contributed by atoms with Crippen molar-refractivity contribution in [3.63, 3.8) is 0 Å². The van der Waals surface area contributed by atoms with Crippen LogP contribution in [0, 0.1) is 11.8 Å². The lowest BCUT2D eigenvalue weighted by Gasteiger charge is -2.35. The first-order valence-electron chi connectivity index (χ1n) is 7.68. The Hall–Kier alpha value is -0.390. The third kappa shape index (κ3) is 3.88. The van der Waals surface area contributed by atoms with E-state index in [1.807, 2.05) is 0 Å². The van der Waals surface area contributed by atoms with Gasteiger partial charge in [-0.25, -0.2) is 8.42 Å². The molecule has 1 aromatic rings. The zero-order valence-corrected chi connectivity index (χ0v) is 14.9. The summed E-state index contributed by atoms with van der Waals surface area (Å²) >= 11 is 3.35. The van der Waals surface area contributed by atoms with Gasteiger partial charge >= 0.3 is 0 Å². The zero-order valence-electron chi connectivity index (χ0n) is 12.5. The fourth-order valence-corrected chi connectivity index (χ4v) is 5.80. The van der Waals surface area contributed by atoms with E-state index in [1.54, 1.807) is 24.3 Å². The molecule has 0 saturated heterocycles. The predicted octanol–water partition coefficient (Wildman–Crippen LogP) is 3.77. The number of rotatable bonds is 5. The van der Waals surface area contributed by atoms with E-state index in [0.717, 1.165) is 36.6 Å². The minimum absolute atomic E-state index is 0.0896. The minimum Gasteiger partial charge on any atom is -0.330 e. The SMILES string of the molecule is CCCC1CCC(CN)C(S(=O)(=O)c2ccc(Br)cc2)C1. The lowest BCUT2D eigenvalue weighted by atomic mass is 9.80. The average molecular weight is 374 g/mol. The molecular weight excluding hydrogens is 350 g/mol. The van der Waals surface area contributed by atoms with Crippen LogP contribution in [-0.2, 0) is 9.84 Å². The molecule has 0 aromatic heterocycles. The molecule has 1 fully saturated rings. The molecule has 0 amide bonds. The number of sulfone groups is 1. The minimum atomic E-state index is -3.29. The highest BCUT2D eigenvalue weighted by Gasteiger charge is 2.38. The van der Waals surface area contributed by atoms with Gasteiger partial charge in [0.05, 0.1) is 10.1 Å². The van der Waals surface area contributed by atoms with E-state index < -0.39 is 9.84 Å². The molecule has 2 N–H and O–H groups in total. The van der Waals surface area contributed by atoms with Crippen molar-refractivity contribution in [3.05, 3.63) is 28.7 Å². The summed E-state index contributed by atoms with van der Waals surface area (Å²) in [5, 5.41) is -0.325. The van der Waals surface area contributed by atoms with Gasteiger partial charge in [-0.15, -0.1) is 0 Å². The van der Waals surface area contributed by atoms with Gasteiger partial charge in [0.2, 0.25) is 0 Å². The van der Waals surface area contributed by atoms with Crippen LogP contribution < -0.4 is 5.73 Å². The molecule has 118 valence electrons. The first-order chi connectivity index (χ1) is 9.98. The molecule has 0 heterocycles. The summed E-state index contributed by atoms with van der Waals surface area (Å²) in [6.45, 7) is 2.62. The molecule has 1 aromatic carbocycles. The van der Waals surface area contributed by atoms with Gasteiger partial charge in [-0.1, -0.05) is 42.1 Å². The summed E-state index contributed by atoms with van der Waals surface area (Å²) in [7, 11) is -3.29. The van der Waals surface area contributed by atoms with E-state index in [9.17, 15) is 8.42 Å². The van der Waals surface area contributed by atoms with Gasteiger partial charge in [0, 0.05) is 4.47 Å². The summed E-state index contributed by atoms with van der Waals surface area (Å²) in [5.74, 6) is 0.611. The van der Waals surface area contributed by atoms with Crippen molar-refractivity contribution in [3.8, 4) is 0 Å². The van der Waals surface area contributed by atoms with E-state index in [-0.39, 0.29) is 11.2 Å². The van der Waals surface area contributed by atoms with Crippen LogP contribution in [0.4, 0.5) is 0 Å². The summed E-state index contributed by atoms with van der Waals surface area (Å²) in [6, 6.07) is 6.96. The third-order valence-corrected chi connectivity index (χ3v) is 7.41. The van der Waals surface area contributed by atoms with Crippen LogP contribution in [-0.4, -0.2) is 20.2 Å². The van der Waals surface area contributed by atoms with Gasteiger partial charge in [0.1, 0.15) is 0 Å². The van der Waals surface area contributed by atoms with Crippen molar-refractivity contribution in [2.24, 2.45) is 17.6 Å². The maximum Gasteiger partial charge on any atom is 0.181 e. The Labute approximate surface area is 136 Å². The highest BCUT2D eigenvalue weighted by molar-refractivity contribution is 9.10. The normalized spacial score (nSPS) is 26.7. The van der Waals surface area contributed by atoms with E-state index in [2.05, 4.69) is 22.9 Å². The highest BCUT2D eigenvalue weighted by Crippen LogP contribution is 2.37. The van der Waals surface area contributed by atoms with Gasteiger partial charge in [0.15, 0.2) is 9.84 Å². The van der Waals surface area contributed by atoms with E-state index in [4.69, 9.17) is 5.73 Å². The topological polar surface area (TPSA) is 60.2 Å². The molecule has 0 spiro atoms. The van der Waals surface area contributed by atoms with Gasteiger partial charge < -0.3 is 5.73 Å². The Bertz CT molecular complexity index is 556. The largest absolute Gasteiger partial charge is 0.330 e. The van der Waals surface area contributed by atoms with Crippen molar-refractivity contribution in [1.82, 2.24) is 0 Å². The first kappa shape index (κ1) is 17.0. The van der Waals surface area contributed by atoms with Crippen LogP contribution in [0.3, 0.4) is 0 Å². The van der Waals surface area contributed by atoms with Crippen molar-refractivity contribution in [1.29, 1.82) is 0 Å². The fourth-order valence-electron chi connectivity index (χ4n) is 3.39. The van der Waals surface area contributed by atoms with Crippen LogP contribution in [0.5, 0.6) is 0 Å².